The number of ketones is 1. The van der Waals surface area contributed by atoms with E-state index in [0.29, 0.717) is 12.4 Å². The molecule has 1 aliphatic rings. The van der Waals surface area contributed by atoms with E-state index >= 15 is 0 Å². The van der Waals surface area contributed by atoms with Gasteiger partial charge in [0.2, 0.25) is 0 Å². The van der Waals surface area contributed by atoms with E-state index in [4.69, 9.17) is 0 Å². The van der Waals surface area contributed by atoms with Crippen LogP contribution in [0.3, 0.4) is 0 Å². The first-order valence-corrected chi connectivity index (χ1v) is 4.92. The Labute approximate surface area is 91.2 Å². The number of rotatable bonds is 3. The molecule has 1 aliphatic heterocycles. The Hall–Kier alpha value is -1.78. The number of nitrogens with one attached hydrogen (secondary N) is 1. The number of hydrogen-bond acceptors (Lipinski definition) is 3. The van der Waals surface area contributed by atoms with Crippen LogP contribution in [0, 0.1) is 11.6 Å². The quantitative estimate of drug-likeness (QED) is 0.791. The second-order valence-corrected chi connectivity index (χ2v) is 3.48. The normalized spacial score (nSPS) is 14.5. The van der Waals surface area contributed by atoms with Crippen molar-refractivity contribution in [3.05, 3.63) is 35.4 Å². The molecular formula is C11H10F2N2O. The van der Waals surface area contributed by atoms with Gasteiger partial charge in [-0.15, -0.1) is 0 Å². The number of carbonyl (C=O) groups excluding carboxylic acids is 1. The van der Waals surface area contributed by atoms with Gasteiger partial charge in [0.25, 0.3) is 0 Å². The lowest BCUT2D eigenvalue weighted by atomic mass is 10.1. The molecule has 0 radical (unpaired) electrons. The summed E-state index contributed by atoms with van der Waals surface area (Å²) in [5.74, 6) is -1.62. The molecule has 2 rings (SSSR count). The predicted molar refractivity (Wildman–Crippen MR) is 55.6 cm³/mol. The third kappa shape index (κ3) is 2.24. The molecule has 1 aromatic rings. The van der Waals surface area contributed by atoms with Crippen LogP contribution in [0.1, 0.15) is 16.8 Å². The van der Waals surface area contributed by atoms with E-state index in [-0.39, 0.29) is 17.8 Å². The highest BCUT2D eigenvalue weighted by atomic mass is 19.2. The minimum absolute atomic E-state index is 0.102. The zero-order valence-electron chi connectivity index (χ0n) is 8.46. The molecule has 0 spiro atoms. The summed E-state index contributed by atoms with van der Waals surface area (Å²) in [5.41, 5.74) is 0.162. The van der Waals surface area contributed by atoms with Gasteiger partial charge in [0.15, 0.2) is 17.4 Å². The van der Waals surface area contributed by atoms with Crippen LogP contribution < -0.4 is 5.32 Å². The molecule has 0 saturated heterocycles. The molecule has 3 nitrogen and oxygen atoms in total. The number of nitrogens with zero attached hydrogens (tertiary/aromatic N) is 1. The number of hydrogen-bond donors (Lipinski definition) is 1. The van der Waals surface area contributed by atoms with Crippen molar-refractivity contribution in [2.75, 3.05) is 13.1 Å². The van der Waals surface area contributed by atoms with Gasteiger partial charge >= 0.3 is 0 Å². The SMILES string of the molecule is O=C(CC1=NCCN1)c1ccc(F)c(F)c1. The van der Waals surface area contributed by atoms with Gasteiger partial charge in [-0.05, 0) is 18.2 Å². The minimum Gasteiger partial charge on any atom is -0.372 e. The van der Waals surface area contributed by atoms with Gasteiger partial charge < -0.3 is 5.32 Å². The van der Waals surface area contributed by atoms with Gasteiger partial charge in [-0.25, -0.2) is 8.78 Å². The van der Waals surface area contributed by atoms with Crippen LogP contribution in [0.2, 0.25) is 0 Å². The monoisotopic (exact) mass is 224 g/mol. The number of benzene rings is 1. The van der Waals surface area contributed by atoms with Crippen LogP contribution in [-0.2, 0) is 0 Å². The van der Waals surface area contributed by atoms with Crippen LogP contribution >= 0.6 is 0 Å². The van der Waals surface area contributed by atoms with E-state index in [2.05, 4.69) is 10.3 Å². The van der Waals surface area contributed by atoms with E-state index in [1.165, 1.54) is 6.07 Å². The summed E-state index contributed by atoms with van der Waals surface area (Å²) in [5, 5.41) is 2.94. The van der Waals surface area contributed by atoms with Crippen molar-refractivity contribution < 1.29 is 13.6 Å². The summed E-state index contributed by atoms with van der Waals surface area (Å²) >= 11 is 0. The van der Waals surface area contributed by atoms with Gasteiger partial charge in [0.05, 0.1) is 13.0 Å². The first-order valence-electron chi connectivity index (χ1n) is 4.92. The molecule has 1 heterocycles. The lowest BCUT2D eigenvalue weighted by molar-refractivity contribution is 0.0999. The molecule has 0 aromatic heterocycles. The average molecular weight is 224 g/mol. The molecule has 0 atom stereocenters. The Balaban J connectivity index is 2.11. The standard InChI is InChI=1S/C11H10F2N2O/c12-8-2-1-7(5-9(8)13)10(16)6-11-14-3-4-15-11/h1-2,5H,3-4,6H2,(H,14,15). The first-order chi connectivity index (χ1) is 7.66. The summed E-state index contributed by atoms with van der Waals surface area (Å²) in [6.07, 6.45) is 0.102. The van der Waals surface area contributed by atoms with E-state index in [0.717, 1.165) is 18.7 Å². The van der Waals surface area contributed by atoms with Crippen molar-refractivity contribution in [1.29, 1.82) is 0 Å². The van der Waals surface area contributed by atoms with Crippen LogP contribution in [0.15, 0.2) is 23.2 Å². The zero-order valence-corrected chi connectivity index (χ0v) is 8.46. The minimum atomic E-state index is -1.01. The molecule has 84 valence electrons. The number of amidine groups is 1. The van der Waals surface area contributed by atoms with Gasteiger partial charge in [-0.3, -0.25) is 9.79 Å². The van der Waals surface area contributed by atoms with Crippen molar-refractivity contribution in [3.63, 3.8) is 0 Å². The fourth-order valence-electron chi connectivity index (χ4n) is 1.49. The Bertz CT molecular complexity index is 457. The molecular weight excluding hydrogens is 214 g/mol. The molecule has 0 aliphatic carbocycles. The van der Waals surface area contributed by atoms with E-state index in [1.807, 2.05) is 0 Å². The van der Waals surface area contributed by atoms with Crippen LogP contribution in [0.25, 0.3) is 0 Å². The number of carbonyl (C=O) groups is 1. The first kappa shape index (κ1) is 10.7. The molecule has 16 heavy (non-hydrogen) atoms. The molecule has 5 heteroatoms. The van der Waals surface area contributed by atoms with Crippen molar-refractivity contribution in [2.45, 2.75) is 6.42 Å². The smallest absolute Gasteiger partial charge is 0.170 e. The highest BCUT2D eigenvalue weighted by Gasteiger charge is 2.14. The molecule has 1 N–H and O–H groups in total. The van der Waals surface area contributed by atoms with Gasteiger partial charge in [-0.2, -0.15) is 0 Å². The molecule has 0 amide bonds. The summed E-state index contributed by atoms with van der Waals surface area (Å²) in [4.78, 5) is 15.7. The van der Waals surface area contributed by atoms with Crippen LogP contribution in [0.4, 0.5) is 8.78 Å². The Morgan fingerprint density at radius 2 is 2.19 bits per heavy atom. The fraction of sp³-hybridized carbons (Fsp3) is 0.273. The van der Waals surface area contributed by atoms with Crippen molar-refractivity contribution in [1.82, 2.24) is 5.32 Å². The predicted octanol–water partition coefficient (Wildman–Crippen LogP) is 1.54. The summed E-state index contributed by atoms with van der Waals surface area (Å²) in [7, 11) is 0. The van der Waals surface area contributed by atoms with Crippen molar-refractivity contribution in [3.8, 4) is 0 Å². The molecule has 0 saturated carbocycles. The van der Waals surface area contributed by atoms with Gasteiger partial charge in [0.1, 0.15) is 5.84 Å². The summed E-state index contributed by atoms with van der Waals surface area (Å²) in [6.45, 7) is 1.38. The maximum atomic E-state index is 12.9. The maximum absolute atomic E-state index is 12.9. The fourth-order valence-corrected chi connectivity index (χ4v) is 1.49. The number of Topliss-reactive ketones (excluding diaryl/α,β-unsaturated/α-hetero) is 1. The van der Waals surface area contributed by atoms with Crippen LogP contribution in [-0.4, -0.2) is 24.7 Å². The lowest BCUT2D eigenvalue weighted by Crippen LogP contribution is -2.21. The third-order valence-corrected chi connectivity index (χ3v) is 2.31. The topological polar surface area (TPSA) is 41.5 Å². The zero-order chi connectivity index (χ0) is 11.5. The Morgan fingerprint density at radius 1 is 1.38 bits per heavy atom. The van der Waals surface area contributed by atoms with Gasteiger partial charge in [0, 0.05) is 12.1 Å². The number of aliphatic imine (C=N–C) groups is 1. The maximum Gasteiger partial charge on any atom is 0.170 e. The molecule has 1 aromatic carbocycles. The highest BCUT2D eigenvalue weighted by molar-refractivity contribution is 6.09. The Morgan fingerprint density at radius 3 is 2.81 bits per heavy atom. The third-order valence-electron chi connectivity index (χ3n) is 2.31. The van der Waals surface area contributed by atoms with Gasteiger partial charge in [-0.1, -0.05) is 0 Å². The van der Waals surface area contributed by atoms with Crippen LogP contribution in [0.5, 0.6) is 0 Å². The second-order valence-electron chi connectivity index (χ2n) is 3.48. The lowest BCUT2D eigenvalue weighted by Gasteiger charge is -2.02. The molecule has 0 bridgehead atoms. The average Bonchev–Trinajstić information content (AvgIpc) is 2.74. The Kier molecular flexibility index (Phi) is 2.94. The van der Waals surface area contributed by atoms with Crippen molar-refractivity contribution >= 4 is 11.6 Å². The number of halogens is 2. The van der Waals surface area contributed by atoms with E-state index in [1.54, 1.807) is 0 Å². The van der Waals surface area contributed by atoms with E-state index in [9.17, 15) is 13.6 Å². The van der Waals surface area contributed by atoms with Crippen molar-refractivity contribution in [2.24, 2.45) is 4.99 Å². The summed E-state index contributed by atoms with van der Waals surface area (Å²) in [6, 6.07) is 3.13. The molecule has 0 unspecified atom stereocenters. The summed E-state index contributed by atoms with van der Waals surface area (Å²) < 4.78 is 25.5. The molecule has 0 fully saturated rings. The second kappa shape index (κ2) is 4.38. The van der Waals surface area contributed by atoms with E-state index < -0.39 is 11.6 Å². The largest absolute Gasteiger partial charge is 0.372 e. The highest BCUT2D eigenvalue weighted by Crippen LogP contribution is 2.11.